The second kappa shape index (κ2) is 19.1. The maximum absolute atomic E-state index is 13.9. The highest BCUT2D eigenvalue weighted by Gasteiger charge is 2.73. The predicted octanol–water partition coefficient (Wildman–Crippen LogP) is -0.320. The topological polar surface area (TPSA) is 304 Å². The van der Waals surface area contributed by atoms with Crippen molar-refractivity contribution in [2.75, 3.05) is 13.2 Å². The van der Waals surface area contributed by atoms with Crippen LogP contribution >= 0.6 is 0 Å². The van der Waals surface area contributed by atoms with Crippen molar-refractivity contribution in [3.8, 4) is 0 Å². The molecule has 374 valence electrons. The quantitative estimate of drug-likeness (QED) is 0.0282. The third-order valence-corrected chi connectivity index (χ3v) is 17.7. The number of aliphatic hydroxyl groups excluding tert-OH is 10. The number of fused-ring (bicyclic) bond motifs is 5. The zero-order valence-electron chi connectivity index (χ0n) is 38.7. The first-order valence-electron chi connectivity index (χ1n) is 23.6. The smallest absolute Gasteiger partial charge is 0.220 e. The zero-order chi connectivity index (χ0) is 47.8. The number of ether oxygens (including phenoxy) is 5. The van der Waals surface area contributed by atoms with Crippen LogP contribution in [0.2, 0.25) is 0 Å². The molecule has 4 saturated carbocycles. The molecule has 0 aromatic carbocycles. The van der Waals surface area contributed by atoms with Crippen molar-refractivity contribution >= 4 is 6.29 Å². The van der Waals surface area contributed by atoms with Gasteiger partial charge in [0, 0.05) is 17.8 Å². The second-order valence-electron chi connectivity index (χ2n) is 21.8. The molecule has 7 aliphatic rings. The fourth-order valence-electron chi connectivity index (χ4n) is 13.8. The zero-order valence-corrected chi connectivity index (χ0v) is 38.7. The summed E-state index contributed by atoms with van der Waals surface area (Å²) in [4.78, 5) is 25.4. The molecule has 24 unspecified atom stereocenters. The van der Waals surface area contributed by atoms with E-state index >= 15 is 0 Å². The fraction of sp³-hybridized carbons (Fsp3) is 0.935. The molecule has 0 aromatic heterocycles. The van der Waals surface area contributed by atoms with Crippen molar-refractivity contribution in [1.82, 2.24) is 0 Å². The van der Waals surface area contributed by atoms with Crippen molar-refractivity contribution in [3.05, 3.63) is 11.6 Å². The van der Waals surface area contributed by atoms with Gasteiger partial charge in [0.2, 0.25) is 12.1 Å². The van der Waals surface area contributed by atoms with Crippen molar-refractivity contribution in [1.29, 1.82) is 0 Å². The Hall–Kier alpha value is -1.31. The summed E-state index contributed by atoms with van der Waals surface area (Å²) in [5, 5.41) is 119. The average molecular weight is 933 g/mol. The molecule has 3 aliphatic heterocycles. The number of aldehydes is 1. The molecule has 11 N–H and O–H groups in total. The molecular weight excluding hydrogens is 856 g/mol. The van der Waals surface area contributed by atoms with Crippen LogP contribution in [0.5, 0.6) is 0 Å². The van der Waals surface area contributed by atoms with Gasteiger partial charge < -0.3 is 84.7 Å². The highest BCUT2D eigenvalue weighted by Crippen LogP contribution is 2.75. The van der Waals surface area contributed by atoms with Crippen molar-refractivity contribution in [2.24, 2.45) is 45.3 Å². The summed E-state index contributed by atoms with van der Waals surface area (Å²) in [5.74, 6) is -3.74. The summed E-state index contributed by atoms with van der Waals surface area (Å²) in [7, 11) is 0. The Morgan fingerprint density at radius 2 is 1.40 bits per heavy atom. The summed E-state index contributed by atoms with van der Waals surface area (Å²) in [6.07, 6.45) is -15.4. The van der Waals surface area contributed by atoms with Crippen LogP contribution in [0.15, 0.2) is 11.6 Å². The van der Waals surface area contributed by atoms with Gasteiger partial charge >= 0.3 is 0 Å². The van der Waals surface area contributed by atoms with Crippen LogP contribution in [-0.4, -0.2) is 180 Å². The van der Waals surface area contributed by atoms with Gasteiger partial charge in [-0.1, -0.05) is 39.3 Å². The van der Waals surface area contributed by atoms with Crippen LogP contribution in [0, 0.1) is 45.3 Å². The molecule has 65 heavy (non-hydrogen) atoms. The van der Waals surface area contributed by atoms with E-state index in [9.17, 15) is 61.0 Å². The normalized spacial score (nSPS) is 51.8. The Labute approximate surface area is 380 Å². The van der Waals surface area contributed by atoms with Gasteiger partial charge in [0.25, 0.3) is 0 Å². The van der Waals surface area contributed by atoms with E-state index in [0.717, 1.165) is 11.9 Å². The maximum atomic E-state index is 13.9. The molecular formula is C46H76O19. The van der Waals surface area contributed by atoms with E-state index < -0.39 is 144 Å². The van der Waals surface area contributed by atoms with E-state index in [2.05, 4.69) is 13.8 Å². The SMILES string of the molecule is CC(C)=CCCC(O)(OOC1OC(CO)C(O)C(O)C1O)C1CCC2(C)C1C(O)CC1C3(C=O)CCC(OC4OCC(O)C(O)C4OC4OC(C)C(O)C(O)C4O)C(C)(C)C3CCC12C. The van der Waals surface area contributed by atoms with Gasteiger partial charge in [0.1, 0.15) is 67.3 Å². The van der Waals surface area contributed by atoms with Gasteiger partial charge in [-0.2, -0.15) is 9.78 Å². The third kappa shape index (κ3) is 8.72. The lowest BCUT2D eigenvalue weighted by Gasteiger charge is -2.70. The number of hydrogen-bond acceptors (Lipinski definition) is 19. The van der Waals surface area contributed by atoms with Gasteiger partial charge in [0.05, 0.1) is 31.5 Å². The summed E-state index contributed by atoms with van der Waals surface area (Å²) in [6.45, 7) is 12.8. The first-order valence-corrected chi connectivity index (χ1v) is 23.6. The molecule has 3 saturated heterocycles. The minimum absolute atomic E-state index is 0.0424. The van der Waals surface area contributed by atoms with Crippen molar-refractivity contribution in [3.63, 3.8) is 0 Å². The van der Waals surface area contributed by atoms with Gasteiger partial charge in [-0.05, 0) is 106 Å². The van der Waals surface area contributed by atoms with Crippen LogP contribution in [-0.2, 0) is 38.3 Å². The van der Waals surface area contributed by atoms with Gasteiger partial charge in [-0.25, -0.2) is 0 Å². The summed E-state index contributed by atoms with van der Waals surface area (Å²) in [5.41, 5.74) is -1.69. The number of carbonyl (C=O) groups excluding carboxylic acids is 1. The minimum Gasteiger partial charge on any atom is -0.394 e. The van der Waals surface area contributed by atoms with Gasteiger partial charge in [0.15, 0.2) is 12.6 Å². The standard InChI is InChI=1S/C46H76O19/c1-21(2)9-8-13-46(58,65-64-40-37(57)35(55)33(53)26(18-47)61-40)23-10-14-44(7)30(23)24(49)17-28-43(44,6)15-11-27-42(4,5)29(12-16-45(27,28)20-48)62-41-38(32(52)25(50)19-59-41)63-39-36(56)34(54)31(51)22(3)60-39/h9,20,22-41,47,49-58H,8,10-19H2,1-7H3. The number of aliphatic hydroxyl groups is 11. The molecule has 24 atom stereocenters. The highest BCUT2D eigenvalue weighted by molar-refractivity contribution is 5.62. The second-order valence-corrected chi connectivity index (χ2v) is 21.8. The molecule has 3 heterocycles. The number of hydrogen-bond donors (Lipinski definition) is 11. The summed E-state index contributed by atoms with van der Waals surface area (Å²) < 4.78 is 29.8. The largest absolute Gasteiger partial charge is 0.394 e. The first kappa shape index (κ1) is 51.5. The van der Waals surface area contributed by atoms with Crippen LogP contribution in [0.4, 0.5) is 0 Å². The predicted molar refractivity (Wildman–Crippen MR) is 224 cm³/mol. The van der Waals surface area contributed by atoms with Gasteiger partial charge in [-0.15, -0.1) is 0 Å². The van der Waals surface area contributed by atoms with E-state index in [1.165, 1.54) is 6.92 Å². The van der Waals surface area contributed by atoms with Crippen LogP contribution in [0.3, 0.4) is 0 Å². The molecule has 0 radical (unpaired) electrons. The monoisotopic (exact) mass is 932 g/mol. The third-order valence-electron chi connectivity index (χ3n) is 17.7. The molecule has 19 nitrogen and oxygen atoms in total. The number of allylic oxidation sites excluding steroid dienone is 2. The van der Waals surface area contributed by atoms with E-state index in [-0.39, 0.29) is 31.3 Å². The lowest BCUT2D eigenvalue weighted by Crippen LogP contribution is -2.68. The van der Waals surface area contributed by atoms with Crippen molar-refractivity contribution < 1.29 is 94.4 Å². The van der Waals surface area contributed by atoms with Crippen molar-refractivity contribution in [2.45, 2.75) is 210 Å². The lowest BCUT2D eigenvalue weighted by molar-refractivity contribution is -0.502. The summed E-state index contributed by atoms with van der Waals surface area (Å²) >= 11 is 0. The molecule has 0 amide bonds. The molecule has 0 aromatic rings. The van der Waals surface area contributed by atoms with Crippen LogP contribution in [0.1, 0.15) is 106 Å². The average Bonchev–Trinajstić information content (AvgIpc) is 3.65. The Bertz CT molecular complexity index is 1680. The molecule has 0 spiro atoms. The molecule has 7 fully saturated rings. The van der Waals surface area contributed by atoms with Gasteiger partial charge in [-0.3, -0.25) is 0 Å². The van der Waals surface area contributed by atoms with E-state index in [1.54, 1.807) is 0 Å². The Morgan fingerprint density at radius 3 is 2.06 bits per heavy atom. The van der Waals surface area contributed by atoms with Crippen LogP contribution < -0.4 is 0 Å². The van der Waals surface area contributed by atoms with E-state index in [1.807, 2.05) is 33.8 Å². The molecule has 7 rings (SSSR count). The van der Waals surface area contributed by atoms with E-state index in [0.29, 0.717) is 44.9 Å². The minimum atomic E-state index is -2.03. The Morgan fingerprint density at radius 1 is 0.738 bits per heavy atom. The lowest BCUT2D eigenvalue weighted by atomic mass is 9.35. The molecule has 0 bridgehead atoms. The maximum Gasteiger partial charge on any atom is 0.220 e. The number of rotatable bonds is 13. The van der Waals surface area contributed by atoms with E-state index in [4.69, 9.17) is 33.5 Å². The fourth-order valence-corrected chi connectivity index (χ4v) is 13.8. The van der Waals surface area contributed by atoms with Crippen LogP contribution in [0.25, 0.3) is 0 Å². The molecule has 4 aliphatic carbocycles. The Balaban J connectivity index is 1.12. The highest BCUT2D eigenvalue weighted by atomic mass is 17.2. The number of carbonyl (C=O) groups is 1. The summed E-state index contributed by atoms with van der Waals surface area (Å²) in [6, 6.07) is 0. The first-order chi connectivity index (χ1) is 30.4. The Kier molecular flexibility index (Phi) is 15.2. The molecule has 19 heteroatoms.